The monoisotopic (exact) mass is 746 g/mol. The third-order valence-electron chi connectivity index (χ3n) is 10.3. The first-order valence-electron chi connectivity index (χ1n) is 17.7. The van der Waals surface area contributed by atoms with Crippen molar-refractivity contribution in [3.8, 4) is 0 Å². The zero-order valence-electron chi connectivity index (χ0n) is 30.4. The van der Waals surface area contributed by atoms with E-state index < -0.39 is 12.1 Å². The molecule has 0 saturated carbocycles. The lowest BCUT2D eigenvalue weighted by molar-refractivity contribution is -0.192. The first-order valence-corrected chi connectivity index (χ1v) is 18.6. The summed E-state index contributed by atoms with van der Waals surface area (Å²) in [6.45, 7) is 11.5. The number of hydrogen-bond donors (Lipinski definition) is 3. The molecule has 2 aliphatic heterocycles. The van der Waals surface area contributed by atoms with Gasteiger partial charge in [-0.1, -0.05) is 44.2 Å². The number of piperidine rings is 1. The van der Waals surface area contributed by atoms with Crippen LogP contribution in [-0.2, 0) is 22.4 Å². The molecule has 0 spiro atoms. The van der Waals surface area contributed by atoms with E-state index in [1.807, 2.05) is 31.3 Å². The van der Waals surface area contributed by atoms with E-state index >= 15 is 0 Å². The highest BCUT2D eigenvalue weighted by Crippen LogP contribution is 2.38. The highest BCUT2D eigenvalue weighted by atomic mass is 32.1. The fraction of sp³-hybridized carbons (Fsp3) is 0.595. The Morgan fingerprint density at radius 1 is 1.06 bits per heavy atom. The number of thiazole rings is 1. The van der Waals surface area contributed by atoms with Crippen LogP contribution in [0.5, 0.6) is 0 Å². The summed E-state index contributed by atoms with van der Waals surface area (Å²) in [5.41, 5.74) is 5.01. The van der Waals surface area contributed by atoms with E-state index in [4.69, 9.17) is 24.6 Å². The molecule has 4 heterocycles. The van der Waals surface area contributed by atoms with Gasteiger partial charge in [0.15, 0.2) is 5.01 Å². The summed E-state index contributed by atoms with van der Waals surface area (Å²) in [5.74, 6) is -2.41. The van der Waals surface area contributed by atoms with Gasteiger partial charge in [-0.15, -0.1) is 0 Å². The number of alkyl halides is 3. The fourth-order valence-corrected chi connectivity index (χ4v) is 7.87. The fourth-order valence-electron chi connectivity index (χ4n) is 7.03. The highest BCUT2D eigenvalue weighted by Gasteiger charge is 2.38. The van der Waals surface area contributed by atoms with Gasteiger partial charge in [0.05, 0.1) is 18.2 Å². The number of amides is 2. The van der Waals surface area contributed by atoms with E-state index in [1.54, 1.807) is 7.11 Å². The summed E-state index contributed by atoms with van der Waals surface area (Å²) < 4.78 is 37.3. The largest absolute Gasteiger partial charge is 0.490 e. The van der Waals surface area contributed by atoms with Crippen molar-refractivity contribution in [2.45, 2.75) is 83.7 Å². The smallest absolute Gasteiger partial charge is 0.475 e. The van der Waals surface area contributed by atoms with Crippen molar-refractivity contribution < 1.29 is 37.4 Å². The van der Waals surface area contributed by atoms with Crippen molar-refractivity contribution in [1.29, 1.82) is 0 Å². The van der Waals surface area contributed by atoms with E-state index in [2.05, 4.69) is 47.3 Å². The maximum Gasteiger partial charge on any atom is 0.490 e. The standard InChI is InChI=1S/C35H48N6O3S.C2HF3O2/c1-35(2,3)25-9-10-28-24(18-25)19-30-33(38-28)45-34(39-30)32(43)37-29(13-16-41-14-11-27(44-5)12-15-41)22-7-6-8-23(17-22)31(42)36-26-20-40(4)21-26;3-2(4,5)1(6)7/h6-8,17,19,25-27,29H,9-16,18,20-21H2,1-5H3,(H,36,42)(H,37,43);(H,6,7)/t25-,29+;/m0./s1. The van der Waals surface area contributed by atoms with Crippen LogP contribution in [0.25, 0.3) is 10.3 Å². The quantitative estimate of drug-likeness (QED) is 0.260. The van der Waals surface area contributed by atoms with Gasteiger partial charge in [0.1, 0.15) is 10.3 Å². The number of ether oxygens (including phenoxy) is 1. The van der Waals surface area contributed by atoms with Crippen molar-refractivity contribution in [2.24, 2.45) is 11.3 Å². The zero-order chi connectivity index (χ0) is 37.8. The Kier molecular flexibility index (Phi) is 12.6. The third kappa shape index (κ3) is 10.3. The number of benzene rings is 1. The Morgan fingerprint density at radius 2 is 1.75 bits per heavy atom. The van der Waals surface area contributed by atoms with E-state index in [-0.39, 0.29) is 29.3 Å². The number of nitrogens with one attached hydrogen (secondary N) is 2. The highest BCUT2D eigenvalue weighted by molar-refractivity contribution is 7.19. The van der Waals surface area contributed by atoms with Gasteiger partial charge < -0.3 is 30.3 Å². The molecule has 52 heavy (non-hydrogen) atoms. The number of aromatic nitrogens is 2. The Hall–Kier alpha value is -3.66. The average Bonchev–Trinajstić information content (AvgIpc) is 3.51. The molecule has 2 saturated heterocycles. The van der Waals surface area contributed by atoms with Crippen LogP contribution in [0, 0.1) is 11.3 Å². The molecular formula is C37H49F3N6O5S. The summed E-state index contributed by atoms with van der Waals surface area (Å²) in [4.78, 5) is 50.9. The SMILES string of the molecule is COC1CCN(CC[C@@H](NC(=O)c2nc3cc4c(nc3s2)CC[C@H](C(C)(C)C)C4)c2cccc(C(=O)NC3CN(C)C3)c2)CC1.O=C(O)C(F)(F)F. The number of hydrogen-bond acceptors (Lipinski definition) is 9. The van der Waals surface area contributed by atoms with Crippen molar-refractivity contribution >= 4 is 39.5 Å². The molecule has 0 bridgehead atoms. The average molecular weight is 747 g/mol. The number of aliphatic carboxylic acids is 1. The molecule has 11 nitrogen and oxygen atoms in total. The number of methoxy groups -OCH3 is 1. The number of nitrogens with zero attached hydrogens (tertiary/aromatic N) is 4. The molecule has 6 rings (SSSR count). The van der Waals surface area contributed by atoms with Crippen LogP contribution in [0.4, 0.5) is 13.2 Å². The Morgan fingerprint density at radius 3 is 2.37 bits per heavy atom. The van der Waals surface area contributed by atoms with Gasteiger partial charge in [0.2, 0.25) is 0 Å². The predicted octanol–water partition coefficient (Wildman–Crippen LogP) is 5.49. The normalized spacial score (nSPS) is 19.6. The molecule has 3 aromatic rings. The van der Waals surface area contributed by atoms with E-state index in [9.17, 15) is 22.8 Å². The van der Waals surface area contributed by atoms with Gasteiger partial charge in [0, 0.05) is 51.1 Å². The van der Waals surface area contributed by atoms with Crippen molar-refractivity contribution in [2.75, 3.05) is 46.9 Å². The van der Waals surface area contributed by atoms with Gasteiger partial charge in [-0.2, -0.15) is 13.2 Å². The lowest BCUT2D eigenvalue weighted by Crippen LogP contribution is -2.57. The lowest BCUT2D eigenvalue weighted by atomic mass is 9.71. The second-order valence-electron chi connectivity index (χ2n) is 15.2. The summed E-state index contributed by atoms with van der Waals surface area (Å²) in [5, 5.41) is 14.0. The number of carboxylic acid groups (broad SMARTS) is 1. The van der Waals surface area contributed by atoms with Crippen LogP contribution >= 0.6 is 11.3 Å². The first-order chi connectivity index (χ1) is 24.5. The van der Waals surface area contributed by atoms with Gasteiger partial charge in [-0.3, -0.25) is 9.59 Å². The van der Waals surface area contributed by atoms with Crippen LogP contribution in [0.2, 0.25) is 0 Å². The lowest BCUT2D eigenvalue weighted by Gasteiger charge is -2.36. The molecule has 2 atom stereocenters. The molecule has 3 N–H and O–H groups in total. The van der Waals surface area contributed by atoms with Gasteiger partial charge >= 0.3 is 12.1 Å². The first kappa shape index (κ1) is 39.5. The topological polar surface area (TPSA) is 137 Å². The van der Waals surface area contributed by atoms with Gasteiger partial charge in [0.25, 0.3) is 11.8 Å². The molecule has 284 valence electrons. The van der Waals surface area contributed by atoms with Crippen LogP contribution in [0.1, 0.15) is 89.5 Å². The summed E-state index contributed by atoms with van der Waals surface area (Å²) in [7, 11) is 3.83. The second-order valence-corrected chi connectivity index (χ2v) is 16.1. The summed E-state index contributed by atoms with van der Waals surface area (Å²) in [6, 6.07) is 9.77. The van der Waals surface area contributed by atoms with Crippen molar-refractivity contribution in [3.05, 3.63) is 57.7 Å². The van der Waals surface area contributed by atoms with Gasteiger partial charge in [-0.05, 0) is 86.2 Å². The molecule has 0 radical (unpaired) electrons. The summed E-state index contributed by atoms with van der Waals surface area (Å²) >= 11 is 1.37. The number of likely N-dealkylation sites (tertiary alicyclic amines) is 2. The number of carbonyl (C=O) groups excluding carboxylic acids is 2. The number of pyridine rings is 1. The minimum atomic E-state index is -5.08. The number of rotatable bonds is 9. The number of likely N-dealkylation sites (N-methyl/N-ethyl adjacent to an activating group) is 1. The Labute approximate surface area is 306 Å². The number of carbonyl (C=O) groups is 3. The number of carboxylic acids is 1. The molecule has 3 aliphatic rings. The third-order valence-corrected chi connectivity index (χ3v) is 11.2. The van der Waals surface area contributed by atoms with E-state index in [0.717, 1.165) is 92.9 Å². The summed E-state index contributed by atoms with van der Waals surface area (Å²) in [6.07, 6.45) is 1.11. The van der Waals surface area contributed by atoms with Crippen molar-refractivity contribution in [1.82, 2.24) is 30.4 Å². The van der Waals surface area contributed by atoms with Crippen LogP contribution in [0.15, 0.2) is 30.3 Å². The minimum absolute atomic E-state index is 0.0726. The molecule has 1 aromatic carbocycles. The Bertz CT molecular complexity index is 1730. The van der Waals surface area contributed by atoms with Crippen molar-refractivity contribution in [3.63, 3.8) is 0 Å². The predicted molar refractivity (Wildman–Crippen MR) is 193 cm³/mol. The van der Waals surface area contributed by atoms with E-state index in [0.29, 0.717) is 22.6 Å². The Balaban J connectivity index is 0.000000679. The minimum Gasteiger partial charge on any atom is -0.475 e. The van der Waals surface area contributed by atoms with E-state index in [1.165, 1.54) is 16.9 Å². The molecule has 2 amide bonds. The maximum absolute atomic E-state index is 13.8. The van der Waals surface area contributed by atoms with Crippen LogP contribution < -0.4 is 10.6 Å². The van der Waals surface area contributed by atoms with Crippen LogP contribution in [0.3, 0.4) is 0 Å². The number of halogens is 3. The zero-order valence-corrected chi connectivity index (χ0v) is 31.2. The molecule has 2 fully saturated rings. The molecule has 0 unspecified atom stereocenters. The molecule has 1 aliphatic carbocycles. The van der Waals surface area contributed by atoms with Crippen LogP contribution in [-0.4, -0.2) is 108 Å². The molecular weight excluding hydrogens is 698 g/mol. The second kappa shape index (κ2) is 16.6. The molecule has 15 heteroatoms. The number of aryl methyl sites for hydroxylation is 1. The maximum atomic E-state index is 13.8. The van der Waals surface area contributed by atoms with Gasteiger partial charge in [-0.25, -0.2) is 14.8 Å². The number of fused-ring (bicyclic) bond motifs is 2. The molecule has 2 aromatic heterocycles.